The van der Waals surface area contributed by atoms with E-state index in [0.29, 0.717) is 5.92 Å². The van der Waals surface area contributed by atoms with Gasteiger partial charge in [0.1, 0.15) is 5.76 Å². The van der Waals surface area contributed by atoms with Gasteiger partial charge in [-0.15, -0.1) is 0 Å². The van der Waals surface area contributed by atoms with Crippen molar-refractivity contribution in [3.8, 4) is 0 Å². The topological polar surface area (TPSA) is 38.1 Å². The molecule has 0 bridgehead atoms. The van der Waals surface area contributed by atoms with Crippen LogP contribution in [0.4, 0.5) is 0 Å². The summed E-state index contributed by atoms with van der Waals surface area (Å²) < 4.78 is 5.02. The van der Waals surface area contributed by atoms with Gasteiger partial charge in [0, 0.05) is 18.5 Å². The summed E-state index contributed by atoms with van der Waals surface area (Å²) in [6, 6.07) is 2.01. The molecule has 0 saturated carbocycles. The van der Waals surface area contributed by atoms with Crippen molar-refractivity contribution in [3.63, 3.8) is 0 Å². The van der Waals surface area contributed by atoms with Crippen molar-refractivity contribution in [1.29, 1.82) is 0 Å². The van der Waals surface area contributed by atoms with Crippen LogP contribution in [0.1, 0.15) is 30.7 Å². The van der Waals surface area contributed by atoms with Gasteiger partial charge in [-0.3, -0.25) is 0 Å². The first kappa shape index (κ1) is 9.26. The second-order valence-electron chi connectivity index (χ2n) is 3.03. The number of aryl methyl sites for hydroxylation is 1. The maximum absolute atomic E-state index is 5.02. The molecule has 1 unspecified atom stereocenters. The number of hydrogen-bond donors (Lipinski definition) is 1. The minimum absolute atomic E-state index is 0.479. The Hall–Kier alpha value is -0.830. The predicted molar refractivity (Wildman–Crippen MR) is 48.2 cm³/mol. The zero-order valence-electron chi connectivity index (χ0n) is 7.92. The number of nitrogens with zero attached hydrogens (tertiary/aromatic N) is 1. The fourth-order valence-electron chi connectivity index (χ4n) is 1.28. The highest BCUT2D eigenvalue weighted by molar-refractivity contribution is 5.09. The number of nitrogens with one attached hydrogen (secondary N) is 1. The van der Waals surface area contributed by atoms with Gasteiger partial charge in [-0.1, -0.05) is 12.1 Å². The maximum Gasteiger partial charge on any atom is 0.133 e. The lowest BCUT2D eigenvalue weighted by molar-refractivity contribution is 0.383. The van der Waals surface area contributed by atoms with Gasteiger partial charge in [0.2, 0.25) is 0 Å². The molecule has 0 aliphatic rings. The third-order valence-corrected chi connectivity index (χ3v) is 2.01. The molecule has 0 aliphatic carbocycles. The van der Waals surface area contributed by atoms with Gasteiger partial charge in [-0.2, -0.15) is 0 Å². The molecule has 1 atom stereocenters. The van der Waals surface area contributed by atoms with Gasteiger partial charge in [-0.25, -0.2) is 0 Å². The highest BCUT2D eigenvalue weighted by atomic mass is 16.5. The Morgan fingerprint density at radius 2 is 2.42 bits per heavy atom. The van der Waals surface area contributed by atoms with E-state index in [2.05, 4.69) is 17.4 Å². The zero-order valence-corrected chi connectivity index (χ0v) is 7.92. The van der Waals surface area contributed by atoms with Crippen LogP contribution in [0.2, 0.25) is 0 Å². The molecule has 68 valence electrons. The summed E-state index contributed by atoms with van der Waals surface area (Å²) in [6.07, 6.45) is 1.09. The SMILES string of the molecule is CCC(CNC)c1cc(C)on1. The quantitative estimate of drug-likeness (QED) is 0.743. The lowest BCUT2D eigenvalue weighted by atomic mass is 10.0. The van der Waals surface area contributed by atoms with Gasteiger partial charge < -0.3 is 9.84 Å². The Morgan fingerprint density at radius 1 is 1.67 bits per heavy atom. The third kappa shape index (κ3) is 2.08. The van der Waals surface area contributed by atoms with Crippen molar-refractivity contribution < 1.29 is 4.52 Å². The Bertz CT molecular complexity index is 232. The predicted octanol–water partition coefficient (Wildman–Crippen LogP) is 1.70. The van der Waals surface area contributed by atoms with E-state index >= 15 is 0 Å². The molecule has 0 spiro atoms. The lowest BCUT2D eigenvalue weighted by Gasteiger charge is -2.09. The molecule has 3 nitrogen and oxygen atoms in total. The van der Waals surface area contributed by atoms with Crippen LogP contribution in [-0.2, 0) is 0 Å². The van der Waals surface area contributed by atoms with E-state index in [1.54, 1.807) is 0 Å². The summed E-state index contributed by atoms with van der Waals surface area (Å²) in [7, 11) is 1.95. The first-order chi connectivity index (χ1) is 5.77. The van der Waals surface area contributed by atoms with Crippen LogP contribution in [-0.4, -0.2) is 18.7 Å². The van der Waals surface area contributed by atoms with Gasteiger partial charge in [0.25, 0.3) is 0 Å². The fourth-order valence-corrected chi connectivity index (χ4v) is 1.28. The van der Waals surface area contributed by atoms with Crippen LogP contribution >= 0.6 is 0 Å². The van der Waals surface area contributed by atoms with Crippen LogP contribution in [0.5, 0.6) is 0 Å². The summed E-state index contributed by atoms with van der Waals surface area (Å²) >= 11 is 0. The standard InChI is InChI=1S/C9H16N2O/c1-4-8(6-10-3)9-5-7(2)12-11-9/h5,8,10H,4,6H2,1-3H3. The summed E-state index contributed by atoms with van der Waals surface area (Å²) in [5.74, 6) is 1.37. The average Bonchev–Trinajstić information content (AvgIpc) is 2.47. The molecule has 1 N–H and O–H groups in total. The molecule has 0 amide bonds. The second-order valence-corrected chi connectivity index (χ2v) is 3.03. The van der Waals surface area contributed by atoms with Crippen LogP contribution in [0, 0.1) is 6.92 Å². The van der Waals surface area contributed by atoms with Crippen molar-refractivity contribution in [2.75, 3.05) is 13.6 Å². The molecule has 0 aromatic carbocycles. The van der Waals surface area contributed by atoms with Crippen molar-refractivity contribution in [2.45, 2.75) is 26.2 Å². The van der Waals surface area contributed by atoms with E-state index in [9.17, 15) is 0 Å². The lowest BCUT2D eigenvalue weighted by Crippen LogP contribution is -2.16. The summed E-state index contributed by atoms with van der Waals surface area (Å²) in [4.78, 5) is 0. The second kappa shape index (κ2) is 4.26. The molecule has 0 radical (unpaired) electrons. The van der Waals surface area contributed by atoms with Crippen LogP contribution in [0.3, 0.4) is 0 Å². The summed E-state index contributed by atoms with van der Waals surface area (Å²) in [5.41, 5.74) is 1.06. The Labute approximate surface area is 73.1 Å². The van der Waals surface area contributed by atoms with Crippen LogP contribution in [0.25, 0.3) is 0 Å². The van der Waals surface area contributed by atoms with E-state index in [4.69, 9.17) is 4.52 Å². The van der Waals surface area contributed by atoms with Gasteiger partial charge in [0.05, 0.1) is 5.69 Å². The highest BCUT2D eigenvalue weighted by Crippen LogP contribution is 2.17. The Balaban J connectivity index is 2.66. The summed E-state index contributed by atoms with van der Waals surface area (Å²) in [6.45, 7) is 5.04. The first-order valence-corrected chi connectivity index (χ1v) is 4.35. The van der Waals surface area contributed by atoms with Crippen molar-refractivity contribution in [3.05, 3.63) is 17.5 Å². The molecule has 1 heterocycles. The smallest absolute Gasteiger partial charge is 0.133 e. The van der Waals surface area contributed by atoms with E-state index in [1.165, 1.54) is 0 Å². The highest BCUT2D eigenvalue weighted by Gasteiger charge is 2.11. The average molecular weight is 168 g/mol. The molecule has 1 aromatic rings. The molecule has 3 heteroatoms. The normalized spacial score (nSPS) is 13.2. The molecule has 0 aliphatic heterocycles. The zero-order chi connectivity index (χ0) is 8.97. The van der Waals surface area contributed by atoms with E-state index < -0.39 is 0 Å². The first-order valence-electron chi connectivity index (χ1n) is 4.35. The minimum Gasteiger partial charge on any atom is -0.361 e. The minimum atomic E-state index is 0.479. The molecule has 1 rings (SSSR count). The Morgan fingerprint density at radius 3 is 2.83 bits per heavy atom. The van der Waals surface area contributed by atoms with Crippen molar-refractivity contribution in [2.24, 2.45) is 0 Å². The van der Waals surface area contributed by atoms with Crippen molar-refractivity contribution >= 4 is 0 Å². The van der Waals surface area contributed by atoms with Crippen LogP contribution in [0.15, 0.2) is 10.6 Å². The number of rotatable bonds is 4. The maximum atomic E-state index is 5.02. The molecular formula is C9H16N2O. The van der Waals surface area contributed by atoms with Gasteiger partial charge in [-0.05, 0) is 20.4 Å². The van der Waals surface area contributed by atoms with Gasteiger partial charge >= 0.3 is 0 Å². The fraction of sp³-hybridized carbons (Fsp3) is 0.667. The number of hydrogen-bond acceptors (Lipinski definition) is 3. The molecule has 1 aromatic heterocycles. The molecular weight excluding hydrogens is 152 g/mol. The van der Waals surface area contributed by atoms with E-state index in [-0.39, 0.29) is 0 Å². The van der Waals surface area contributed by atoms with E-state index in [1.807, 2.05) is 20.0 Å². The van der Waals surface area contributed by atoms with Crippen LogP contribution < -0.4 is 5.32 Å². The third-order valence-electron chi connectivity index (χ3n) is 2.01. The molecule has 0 fully saturated rings. The monoisotopic (exact) mass is 168 g/mol. The number of likely N-dealkylation sites (N-methyl/N-ethyl adjacent to an activating group) is 1. The molecule has 0 saturated heterocycles. The van der Waals surface area contributed by atoms with Gasteiger partial charge in [0.15, 0.2) is 0 Å². The molecule has 12 heavy (non-hydrogen) atoms. The largest absolute Gasteiger partial charge is 0.361 e. The number of aromatic nitrogens is 1. The summed E-state index contributed by atoms with van der Waals surface area (Å²) in [5, 5.41) is 7.14. The van der Waals surface area contributed by atoms with E-state index in [0.717, 1.165) is 24.4 Å². The van der Waals surface area contributed by atoms with Crippen molar-refractivity contribution in [1.82, 2.24) is 10.5 Å². The Kier molecular flexibility index (Phi) is 3.29.